The van der Waals surface area contributed by atoms with Crippen LogP contribution in [0.2, 0.25) is 0 Å². The molecule has 1 fully saturated rings. The number of carboxylic acid groups (broad SMARTS) is 1. The Labute approximate surface area is 209 Å². The summed E-state index contributed by atoms with van der Waals surface area (Å²) in [6, 6.07) is 14.6. The van der Waals surface area contributed by atoms with Gasteiger partial charge in [0.15, 0.2) is 0 Å². The number of hydrogen-bond acceptors (Lipinski definition) is 6. The Morgan fingerprint density at radius 1 is 0.919 bits per heavy atom. The van der Waals surface area contributed by atoms with Gasteiger partial charge in [-0.2, -0.15) is 18.3 Å². The number of benzene rings is 1. The molecule has 1 N–H and O–H groups in total. The highest BCUT2D eigenvalue weighted by molar-refractivity contribution is 5.92. The van der Waals surface area contributed by atoms with Crippen LogP contribution in [0.5, 0.6) is 0 Å². The van der Waals surface area contributed by atoms with Crippen LogP contribution in [0.3, 0.4) is 0 Å². The summed E-state index contributed by atoms with van der Waals surface area (Å²) in [5, 5.41) is 11.6. The lowest BCUT2D eigenvalue weighted by Gasteiger charge is -2.35. The van der Waals surface area contributed by atoms with E-state index in [-0.39, 0.29) is 5.91 Å². The summed E-state index contributed by atoms with van der Waals surface area (Å²) in [5.41, 5.74) is 5.71. The number of rotatable bonds is 3. The van der Waals surface area contributed by atoms with Crippen LogP contribution in [0.4, 0.5) is 18.9 Å². The zero-order valence-electron chi connectivity index (χ0n) is 19.8. The molecule has 5 rings (SSSR count). The van der Waals surface area contributed by atoms with Gasteiger partial charge in [0.2, 0.25) is 0 Å². The van der Waals surface area contributed by atoms with E-state index < -0.39 is 12.1 Å². The number of nitrogens with zero attached hydrogens (tertiary/aromatic N) is 6. The number of pyridine rings is 1. The van der Waals surface area contributed by atoms with Crippen molar-refractivity contribution in [1.29, 1.82) is 0 Å². The number of aryl methyl sites for hydroxylation is 1. The standard InChI is InChI=1S/C23H22N6O.C2HF3O2/c1-17-14-25-20(15-24-17)23(30)28-11-9-27(10-12-28)22-16-26-29-8-7-19(13-21(22)29)18-5-3-2-4-6-18;3-2(4,5)1(6)7/h2-8,13-16H,9-12H2,1H3;(H,6,7). The van der Waals surface area contributed by atoms with Crippen molar-refractivity contribution in [3.63, 3.8) is 0 Å². The number of carboxylic acids is 1. The second-order valence-corrected chi connectivity index (χ2v) is 8.27. The van der Waals surface area contributed by atoms with Gasteiger partial charge in [0.1, 0.15) is 5.69 Å². The summed E-state index contributed by atoms with van der Waals surface area (Å²) in [6.45, 7) is 4.65. The molecule has 192 valence electrons. The predicted octanol–water partition coefficient (Wildman–Crippen LogP) is 3.70. The first-order valence-electron chi connectivity index (χ1n) is 11.3. The van der Waals surface area contributed by atoms with Crippen LogP contribution in [-0.2, 0) is 4.79 Å². The minimum absolute atomic E-state index is 0.0617. The molecular weight excluding hydrogens is 489 g/mol. The van der Waals surface area contributed by atoms with E-state index in [9.17, 15) is 18.0 Å². The number of carbonyl (C=O) groups is 2. The highest BCUT2D eigenvalue weighted by atomic mass is 19.4. The Hall–Kier alpha value is -4.48. The van der Waals surface area contributed by atoms with E-state index in [4.69, 9.17) is 9.90 Å². The molecule has 0 aliphatic carbocycles. The lowest BCUT2D eigenvalue weighted by atomic mass is 10.1. The van der Waals surface area contributed by atoms with Gasteiger partial charge in [-0.15, -0.1) is 0 Å². The molecule has 1 aromatic carbocycles. The third-order valence-electron chi connectivity index (χ3n) is 5.76. The Kier molecular flexibility index (Phi) is 7.37. The first kappa shape index (κ1) is 25.6. The second-order valence-electron chi connectivity index (χ2n) is 8.27. The van der Waals surface area contributed by atoms with E-state index in [0.717, 1.165) is 35.6 Å². The average molecular weight is 512 g/mol. The lowest BCUT2D eigenvalue weighted by Crippen LogP contribution is -2.49. The quantitative estimate of drug-likeness (QED) is 0.447. The molecule has 9 nitrogen and oxygen atoms in total. The van der Waals surface area contributed by atoms with Crippen molar-refractivity contribution >= 4 is 23.1 Å². The number of carbonyl (C=O) groups excluding carboxylic acids is 1. The van der Waals surface area contributed by atoms with Gasteiger partial charge < -0.3 is 14.9 Å². The van der Waals surface area contributed by atoms with Crippen molar-refractivity contribution in [2.75, 3.05) is 31.1 Å². The normalized spacial score (nSPS) is 13.7. The van der Waals surface area contributed by atoms with Gasteiger partial charge in [0.25, 0.3) is 5.91 Å². The van der Waals surface area contributed by atoms with Crippen molar-refractivity contribution in [3.8, 4) is 11.1 Å². The number of aliphatic carboxylic acids is 1. The zero-order chi connectivity index (χ0) is 26.6. The van der Waals surface area contributed by atoms with Gasteiger partial charge in [-0.05, 0) is 30.2 Å². The van der Waals surface area contributed by atoms with Crippen LogP contribution in [0.1, 0.15) is 16.2 Å². The van der Waals surface area contributed by atoms with Crippen molar-refractivity contribution in [3.05, 3.63) is 78.6 Å². The van der Waals surface area contributed by atoms with Crippen molar-refractivity contribution in [1.82, 2.24) is 24.5 Å². The number of amides is 1. The number of halogens is 3. The zero-order valence-corrected chi connectivity index (χ0v) is 19.8. The smallest absolute Gasteiger partial charge is 0.475 e. The van der Waals surface area contributed by atoms with Crippen molar-refractivity contribution in [2.24, 2.45) is 0 Å². The van der Waals surface area contributed by atoms with Crippen LogP contribution in [0, 0.1) is 6.92 Å². The number of piperazine rings is 1. The fourth-order valence-corrected chi connectivity index (χ4v) is 3.84. The molecule has 1 amide bonds. The molecule has 0 atom stereocenters. The van der Waals surface area contributed by atoms with Crippen LogP contribution in [0.25, 0.3) is 16.6 Å². The maximum absolute atomic E-state index is 12.7. The number of aromatic nitrogens is 4. The Morgan fingerprint density at radius 3 is 2.19 bits per heavy atom. The van der Waals surface area contributed by atoms with Crippen molar-refractivity contribution < 1.29 is 27.9 Å². The molecule has 0 spiro atoms. The van der Waals surface area contributed by atoms with Gasteiger partial charge in [-0.1, -0.05) is 30.3 Å². The molecule has 12 heteroatoms. The van der Waals surface area contributed by atoms with Gasteiger partial charge in [-0.3, -0.25) is 9.78 Å². The summed E-state index contributed by atoms with van der Waals surface area (Å²) in [4.78, 5) is 34.1. The number of anilines is 1. The summed E-state index contributed by atoms with van der Waals surface area (Å²) in [6.07, 6.45) is 2.01. The van der Waals surface area contributed by atoms with Gasteiger partial charge in [0.05, 0.1) is 29.3 Å². The van der Waals surface area contributed by atoms with E-state index in [0.29, 0.717) is 18.8 Å². The van der Waals surface area contributed by atoms with Crippen molar-refractivity contribution in [2.45, 2.75) is 13.1 Å². The third kappa shape index (κ3) is 6.02. The van der Waals surface area contributed by atoms with Crippen LogP contribution in [0.15, 0.2) is 67.3 Å². The molecule has 1 aliphatic rings. The maximum Gasteiger partial charge on any atom is 0.490 e. The predicted molar refractivity (Wildman–Crippen MR) is 129 cm³/mol. The summed E-state index contributed by atoms with van der Waals surface area (Å²) in [5.74, 6) is -2.82. The summed E-state index contributed by atoms with van der Waals surface area (Å²) >= 11 is 0. The highest BCUT2D eigenvalue weighted by Crippen LogP contribution is 2.27. The van der Waals surface area contributed by atoms with E-state index >= 15 is 0 Å². The maximum atomic E-state index is 12.7. The minimum atomic E-state index is -5.08. The van der Waals surface area contributed by atoms with Gasteiger partial charge >= 0.3 is 12.1 Å². The fraction of sp³-hybridized carbons (Fsp3) is 0.240. The molecular formula is C25H23F3N6O3. The molecule has 0 unspecified atom stereocenters. The fourth-order valence-electron chi connectivity index (χ4n) is 3.84. The Bertz CT molecular complexity index is 1380. The molecule has 4 heterocycles. The van der Waals surface area contributed by atoms with E-state index in [2.05, 4.69) is 44.2 Å². The largest absolute Gasteiger partial charge is 0.490 e. The minimum Gasteiger partial charge on any atom is -0.475 e. The monoisotopic (exact) mass is 512 g/mol. The van der Waals surface area contributed by atoms with E-state index in [1.54, 1.807) is 12.4 Å². The van der Waals surface area contributed by atoms with Crippen LogP contribution < -0.4 is 4.90 Å². The molecule has 0 saturated carbocycles. The number of hydrogen-bond donors (Lipinski definition) is 1. The third-order valence-corrected chi connectivity index (χ3v) is 5.76. The van der Waals surface area contributed by atoms with Crippen LogP contribution in [-0.4, -0.2) is 73.8 Å². The molecule has 3 aromatic heterocycles. The van der Waals surface area contributed by atoms with Gasteiger partial charge in [0, 0.05) is 38.6 Å². The first-order chi connectivity index (χ1) is 17.6. The first-order valence-corrected chi connectivity index (χ1v) is 11.3. The summed E-state index contributed by atoms with van der Waals surface area (Å²) in [7, 11) is 0. The van der Waals surface area contributed by atoms with E-state index in [1.165, 1.54) is 5.56 Å². The highest BCUT2D eigenvalue weighted by Gasteiger charge is 2.38. The number of fused-ring (bicyclic) bond motifs is 1. The summed E-state index contributed by atoms with van der Waals surface area (Å²) < 4.78 is 33.6. The number of alkyl halides is 3. The topological polar surface area (TPSA) is 104 Å². The van der Waals surface area contributed by atoms with E-state index in [1.807, 2.05) is 46.9 Å². The second kappa shape index (κ2) is 10.6. The average Bonchev–Trinajstić information content (AvgIpc) is 3.32. The molecule has 1 saturated heterocycles. The molecule has 0 bridgehead atoms. The molecule has 1 aliphatic heterocycles. The lowest BCUT2D eigenvalue weighted by molar-refractivity contribution is -0.192. The molecule has 37 heavy (non-hydrogen) atoms. The SMILES string of the molecule is Cc1cnc(C(=O)N2CCN(c3cnn4ccc(-c5ccccc5)cc34)CC2)cn1.O=C(O)C(F)(F)F. The van der Waals surface area contributed by atoms with Gasteiger partial charge in [-0.25, -0.2) is 14.3 Å². The van der Waals surface area contributed by atoms with Crippen LogP contribution >= 0.6 is 0 Å². The molecule has 4 aromatic rings. The Balaban J connectivity index is 0.000000405. The Morgan fingerprint density at radius 2 is 1.59 bits per heavy atom. The molecule has 0 radical (unpaired) electrons.